The van der Waals surface area contributed by atoms with Crippen LogP contribution in [0.1, 0.15) is 23.7 Å². The van der Waals surface area contributed by atoms with Crippen LogP contribution in [0, 0.1) is 0 Å². The molecule has 2 aromatic heterocycles. The van der Waals surface area contributed by atoms with E-state index >= 15 is 0 Å². The van der Waals surface area contributed by atoms with Crippen molar-refractivity contribution in [1.82, 2.24) is 19.4 Å². The third-order valence-electron chi connectivity index (χ3n) is 5.58. The number of aliphatic hydroxyl groups excluding tert-OH is 1. The third-order valence-corrected chi connectivity index (χ3v) is 5.58. The van der Waals surface area contributed by atoms with Gasteiger partial charge in [0.25, 0.3) is 11.7 Å². The van der Waals surface area contributed by atoms with Crippen LogP contribution in [0.2, 0.25) is 0 Å². The van der Waals surface area contributed by atoms with Crippen molar-refractivity contribution in [3.8, 4) is 0 Å². The molecule has 0 saturated carbocycles. The molecular formula is C23H24N4O5. The number of aryl methyl sites for hydroxylation is 1. The van der Waals surface area contributed by atoms with Crippen LogP contribution in [0.5, 0.6) is 0 Å². The van der Waals surface area contributed by atoms with Crippen LogP contribution in [0.3, 0.4) is 0 Å². The fraction of sp³-hybridized carbons (Fsp3) is 0.304. The Hall–Kier alpha value is -3.72. The number of carbonyl (C=O) groups is 2. The molecule has 3 aromatic rings. The summed E-state index contributed by atoms with van der Waals surface area (Å²) in [5.74, 6) is -2.30. The van der Waals surface area contributed by atoms with Gasteiger partial charge in [-0.3, -0.25) is 19.1 Å². The number of rotatable bonds is 6. The van der Waals surface area contributed by atoms with Crippen LogP contribution < -0.4 is 5.76 Å². The van der Waals surface area contributed by atoms with Crippen molar-refractivity contribution in [3.63, 3.8) is 0 Å². The first-order valence-electron chi connectivity index (χ1n) is 10.2. The monoisotopic (exact) mass is 436 g/mol. The van der Waals surface area contributed by atoms with Gasteiger partial charge in [-0.2, -0.15) is 0 Å². The standard InChI is InChI=1S/C23H24N4O5/c1-25(2)11-6-12-27-19(15-7-4-5-10-24-15)18(21(29)22(27)30)20(28)14-8-9-16-17(13-14)32-23(31)26(16)3/h4-5,7-10,13,19,28H,6,11-12H2,1-3H3. The Morgan fingerprint density at radius 1 is 1.19 bits per heavy atom. The molecule has 1 aliphatic heterocycles. The van der Waals surface area contributed by atoms with E-state index < -0.39 is 23.5 Å². The molecule has 1 amide bonds. The van der Waals surface area contributed by atoms with Crippen molar-refractivity contribution < 1.29 is 19.1 Å². The van der Waals surface area contributed by atoms with Gasteiger partial charge < -0.3 is 19.3 Å². The molecule has 1 aliphatic rings. The van der Waals surface area contributed by atoms with Crippen molar-refractivity contribution in [3.05, 3.63) is 70.0 Å². The van der Waals surface area contributed by atoms with Gasteiger partial charge in [-0.25, -0.2) is 4.79 Å². The quantitative estimate of drug-likeness (QED) is 0.357. The molecule has 0 bridgehead atoms. The molecule has 1 aromatic carbocycles. The smallest absolute Gasteiger partial charge is 0.419 e. The minimum Gasteiger partial charge on any atom is -0.507 e. The maximum atomic E-state index is 13.0. The highest BCUT2D eigenvalue weighted by atomic mass is 16.4. The van der Waals surface area contributed by atoms with Gasteiger partial charge >= 0.3 is 5.76 Å². The van der Waals surface area contributed by atoms with Gasteiger partial charge in [-0.05, 0) is 57.4 Å². The molecular weight excluding hydrogens is 412 g/mol. The van der Waals surface area contributed by atoms with E-state index in [1.54, 1.807) is 43.6 Å². The number of oxazole rings is 1. The summed E-state index contributed by atoms with van der Waals surface area (Å²) in [7, 11) is 5.44. The SMILES string of the molecule is CN(C)CCCN1C(=O)C(=O)C(=C(O)c2ccc3c(c2)oc(=O)n3C)C1c1ccccn1. The zero-order valence-electron chi connectivity index (χ0n) is 18.1. The van der Waals surface area contributed by atoms with Crippen molar-refractivity contribution >= 4 is 28.5 Å². The van der Waals surface area contributed by atoms with Gasteiger partial charge in [0.05, 0.1) is 16.8 Å². The predicted molar refractivity (Wildman–Crippen MR) is 118 cm³/mol. The fourth-order valence-electron chi connectivity index (χ4n) is 3.95. The predicted octanol–water partition coefficient (Wildman–Crippen LogP) is 1.90. The Morgan fingerprint density at radius 3 is 2.66 bits per heavy atom. The zero-order chi connectivity index (χ0) is 23.0. The lowest BCUT2D eigenvalue weighted by molar-refractivity contribution is -0.140. The number of amides is 1. The van der Waals surface area contributed by atoms with E-state index in [0.717, 1.165) is 6.54 Å². The van der Waals surface area contributed by atoms with Crippen molar-refractivity contribution in [1.29, 1.82) is 0 Å². The van der Waals surface area contributed by atoms with Gasteiger partial charge in [0.1, 0.15) is 11.8 Å². The molecule has 1 N–H and O–H groups in total. The maximum absolute atomic E-state index is 13.0. The number of fused-ring (bicyclic) bond motifs is 1. The Morgan fingerprint density at radius 2 is 1.97 bits per heavy atom. The van der Waals surface area contributed by atoms with E-state index in [1.165, 1.54) is 15.5 Å². The molecule has 9 nitrogen and oxygen atoms in total. The summed E-state index contributed by atoms with van der Waals surface area (Å²) in [5.41, 5.74) is 1.56. The lowest BCUT2D eigenvalue weighted by Gasteiger charge is -2.25. The highest BCUT2D eigenvalue weighted by Crippen LogP contribution is 2.38. The molecule has 3 heterocycles. The molecule has 0 aliphatic carbocycles. The number of carbonyl (C=O) groups excluding carboxylic acids is 2. The highest BCUT2D eigenvalue weighted by molar-refractivity contribution is 6.46. The number of aliphatic hydroxyl groups is 1. The Kier molecular flexibility index (Phi) is 5.67. The number of nitrogens with zero attached hydrogens (tertiary/aromatic N) is 4. The first-order valence-corrected chi connectivity index (χ1v) is 10.2. The minimum atomic E-state index is -0.808. The van der Waals surface area contributed by atoms with Crippen LogP contribution >= 0.6 is 0 Å². The number of pyridine rings is 1. The summed E-state index contributed by atoms with van der Waals surface area (Å²) >= 11 is 0. The van der Waals surface area contributed by atoms with E-state index in [-0.39, 0.29) is 22.5 Å². The van der Waals surface area contributed by atoms with Gasteiger partial charge in [-0.1, -0.05) is 6.07 Å². The molecule has 1 atom stereocenters. The van der Waals surface area contributed by atoms with Crippen LogP contribution in [-0.2, 0) is 16.6 Å². The summed E-state index contributed by atoms with van der Waals surface area (Å²) in [6.07, 6.45) is 2.24. The van der Waals surface area contributed by atoms with Crippen molar-refractivity contribution in [2.24, 2.45) is 7.05 Å². The molecule has 1 fully saturated rings. The van der Waals surface area contributed by atoms with E-state index in [4.69, 9.17) is 4.42 Å². The molecule has 32 heavy (non-hydrogen) atoms. The Labute approximate surface area is 184 Å². The van der Waals surface area contributed by atoms with E-state index in [0.29, 0.717) is 24.2 Å². The third kappa shape index (κ3) is 3.71. The van der Waals surface area contributed by atoms with Crippen LogP contribution in [0.4, 0.5) is 0 Å². The number of ketones is 1. The number of hydrogen-bond acceptors (Lipinski definition) is 7. The average Bonchev–Trinajstić information content (AvgIpc) is 3.20. The van der Waals surface area contributed by atoms with E-state index in [2.05, 4.69) is 4.98 Å². The van der Waals surface area contributed by atoms with E-state index in [1.807, 2.05) is 19.0 Å². The normalized spacial score (nSPS) is 18.2. The van der Waals surface area contributed by atoms with Crippen molar-refractivity contribution in [2.45, 2.75) is 12.5 Å². The summed E-state index contributed by atoms with van der Waals surface area (Å²) in [5, 5.41) is 11.1. The summed E-state index contributed by atoms with van der Waals surface area (Å²) in [6, 6.07) is 9.13. The number of benzene rings is 1. The second-order valence-electron chi connectivity index (χ2n) is 8.01. The molecule has 0 radical (unpaired) electrons. The lowest BCUT2D eigenvalue weighted by Crippen LogP contribution is -2.32. The molecule has 1 unspecified atom stereocenters. The maximum Gasteiger partial charge on any atom is 0.419 e. The molecule has 166 valence electrons. The van der Waals surface area contributed by atoms with Gasteiger partial charge in [0.15, 0.2) is 5.58 Å². The molecule has 0 spiro atoms. The molecule has 9 heteroatoms. The minimum absolute atomic E-state index is 0.0313. The highest BCUT2D eigenvalue weighted by Gasteiger charge is 2.46. The second kappa shape index (κ2) is 8.43. The van der Waals surface area contributed by atoms with Gasteiger partial charge in [-0.15, -0.1) is 0 Å². The second-order valence-corrected chi connectivity index (χ2v) is 8.01. The topological polar surface area (TPSA) is 109 Å². The van der Waals surface area contributed by atoms with Crippen LogP contribution in [-0.4, -0.2) is 63.3 Å². The van der Waals surface area contributed by atoms with Crippen LogP contribution in [0.25, 0.3) is 16.9 Å². The number of hydrogen-bond donors (Lipinski definition) is 1. The first-order chi connectivity index (χ1) is 15.3. The van der Waals surface area contributed by atoms with Gasteiger partial charge in [0.2, 0.25) is 0 Å². The number of likely N-dealkylation sites (tertiary alicyclic amines) is 1. The molecule has 1 saturated heterocycles. The number of Topliss-reactive ketones (excluding diaryl/α,β-unsaturated/α-hetero) is 1. The van der Waals surface area contributed by atoms with Gasteiger partial charge in [0, 0.05) is 25.4 Å². The first kappa shape index (κ1) is 21.5. The largest absolute Gasteiger partial charge is 0.507 e. The van der Waals surface area contributed by atoms with Crippen molar-refractivity contribution in [2.75, 3.05) is 27.2 Å². The number of aromatic nitrogens is 2. The van der Waals surface area contributed by atoms with Crippen LogP contribution in [0.15, 0.2) is 57.4 Å². The summed E-state index contributed by atoms with van der Waals surface area (Å²) < 4.78 is 6.55. The average molecular weight is 436 g/mol. The Balaban J connectivity index is 1.82. The fourth-order valence-corrected chi connectivity index (χ4v) is 3.95. The summed E-state index contributed by atoms with van der Waals surface area (Å²) in [6.45, 7) is 1.08. The van der Waals surface area contributed by atoms with E-state index in [9.17, 15) is 19.5 Å². The Bertz CT molecular complexity index is 1270. The lowest BCUT2D eigenvalue weighted by atomic mass is 9.98. The summed E-state index contributed by atoms with van der Waals surface area (Å²) in [4.78, 5) is 45.5. The molecule has 4 rings (SSSR count). The zero-order valence-corrected chi connectivity index (χ0v) is 18.1.